The number of hydrogen-bond donors (Lipinski definition) is 3. The summed E-state index contributed by atoms with van der Waals surface area (Å²) in [5.74, 6) is -0.854. The van der Waals surface area contributed by atoms with Gasteiger partial charge in [-0.25, -0.2) is 17.6 Å². The number of aryl methyl sites for hydroxylation is 1. The van der Waals surface area contributed by atoms with Crippen molar-refractivity contribution < 1.29 is 37.0 Å². The van der Waals surface area contributed by atoms with Crippen molar-refractivity contribution in [1.82, 2.24) is 9.80 Å². The van der Waals surface area contributed by atoms with E-state index in [4.69, 9.17) is 9.47 Å². The Balaban J connectivity index is 1.62. The first-order chi connectivity index (χ1) is 23.3. The molecule has 0 aliphatic carbocycles. The largest absolute Gasteiger partial charge is 0.490 e. The van der Waals surface area contributed by atoms with E-state index in [1.807, 2.05) is 20.8 Å². The predicted molar refractivity (Wildman–Crippen MR) is 187 cm³/mol. The monoisotopic (exact) mass is 698 g/mol. The van der Waals surface area contributed by atoms with Crippen molar-refractivity contribution in [2.45, 2.75) is 70.1 Å². The Morgan fingerprint density at radius 1 is 1.06 bits per heavy atom. The van der Waals surface area contributed by atoms with Gasteiger partial charge in [-0.15, -0.1) is 0 Å². The van der Waals surface area contributed by atoms with Gasteiger partial charge in [0.15, 0.2) is 0 Å². The molecule has 13 heteroatoms. The first-order valence-electron chi connectivity index (χ1n) is 16.5. The van der Waals surface area contributed by atoms with Crippen molar-refractivity contribution in [2.24, 2.45) is 5.92 Å². The Labute approximate surface area is 288 Å². The number of sulfonamides is 1. The molecule has 0 spiro atoms. The Morgan fingerprint density at radius 2 is 1.73 bits per heavy atom. The number of halogens is 1. The molecule has 1 aliphatic rings. The molecule has 4 atom stereocenters. The fraction of sp³-hybridized carbons (Fsp3) is 0.444. The molecule has 0 radical (unpaired) electrons. The van der Waals surface area contributed by atoms with E-state index in [2.05, 4.69) is 10.0 Å². The molecule has 3 amide bonds. The molecule has 0 aromatic heterocycles. The van der Waals surface area contributed by atoms with Crippen molar-refractivity contribution in [3.8, 4) is 5.75 Å². The van der Waals surface area contributed by atoms with Crippen LogP contribution in [0.25, 0.3) is 0 Å². The second kappa shape index (κ2) is 17.0. The van der Waals surface area contributed by atoms with Crippen molar-refractivity contribution in [3.05, 3.63) is 83.7 Å². The first-order valence-corrected chi connectivity index (χ1v) is 18.0. The van der Waals surface area contributed by atoms with E-state index in [1.54, 1.807) is 38.2 Å². The lowest BCUT2D eigenvalue weighted by Crippen LogP contribution is -2.48. The highest BCUT2D eigenvalue weighted by Gasteiger charge is 2.31. The SMILES string of the molecule is Cc1ccc(S(=O)(=O)Nc2ccc3c(c2)C(=O)N([C@H](C)CO)C[C@@H](C)[C@H](CN(C)C(=O)Nc2ccc(F)cc2)OCCCC[C@H](C)O3)cc1. The minimum Gasteiger partial charge on any atom is -0.490 e. The first kappa shape index (κ1) is 37.6. The number of urea groups is 1. The molecule has 3 N–H and O–H groups in total. The number of likely N-dealkylation sites (N-methyl/N-ethyl adjacent to an activating group) is 1. The number of aliphatic hydroxyl groups excluding tert-OH is 1. The molecule has 266 valence electrons. The molecule has 1 aliphatic heterocycles. The van der Waals surface area contributed by atoms with Crippen molar-refractivity contribution in [1.29, 1.82) is 0 Å². The minimum absolute atomic E-state index is 0.0843. The van der Waals surface area contributed by atoms with Crippen LogP contribution in [0, 0.1) is 18.7 Å². The quantitative estimate of drug-likeness (QED) is 0.267. The number of aliphatic hydroxyl groups is 1. The standard InChI is InChI=1S/C36H47FN4O7S/c1-24-9-16-31(17-10-24)49(45,46)39-30-15-18-33-32(20-30)35(43)41(26(3)23-42)21-25(2)34(47-19-7-6-8-27(4)48-33)22-40(5)36(44)38-29-13-11-28(37)12-14-29/h9-18,20,25-27,34,39,42H,6-8,19,21-23H2,1-5H3,(H,38,44)/t25-,26-,27+,34+/m1/s1. The summed E-state index contributed by atoms with van der Waals surface area (Å²) in [5, 5.41) is 13.0. The van der Waals surface area contributed by atoms with Crippen LogP contribution in [-0.4, -0.2) is 86.9 Å². The van der Waals surface area contributed by atoms with E-state index in [-0.39, 0.29) is 47.9 Å². The molecule has 3 aromatic rings. The molecule has 0 saturated carbocycles. The van der Waals surface area contributed by atoms with E-state index in [1.165, 1.54) is 52.3 Å². The van der Waals surface area contributed by atoms with Crippen LogP contribution in [0.5, 0.6) is 5.75 Å². The highest BCUT2D eigenvalue weighted by atomic mass is 32.2. The third-order valence-electron chi connectivity index (χ3n) is 8.53. The predicted octanol–water partition coefficient (Wildman–Crippen LogP) is 5.89. The molecule has 0 unspecified atom stereocenters. The van der Waals surface area contributed by atoms with Gasteiger partial charge >= 0.3 is 6.03 Å². The normalized spacial score (nSPS) is 19.9. The number of anilines is 2. The third kappa shape index (κ3) is 10.4. The van der Waals surface area contributed by atoms with E-state index in [0.29, 0.717) is 24.5 Å². The van der Waals surface area contributed by atoms with Gasteiger partial charge in [0.05, 0.1) is 35.3 Å². The van der Waals surface area contributed by atoms with Crippen LogP contribution in [0.1, 0.15) is 56.0 Å². The molecular formula is C36H47FN4O7S. The summed E-state index contributed by atoms with van der Waals surface area (Å²) >= 11 is 0. The Morgan fingerprint density at radius 3 is 2.41 bits per heavy atom. The fourth-order valence-corrected chi connectivity index (χ4v) is 6.53. The number of carbonyl (C=O) groups is 2. The summed E-state index contributed by atoms with van der Waals surface area (Å²) < 4.78 is 54.9. The molecule has 49 heavy (non-hydrogen) atoms. The highest BCUT2D eigenvalue weighted by molar-refractivity contribution is 7.92. The number of nitrogens with one attached hydrogen (secondary N) is 2. The van der Waals surface area contributed by atoms with Crippen LogP contribution in [0.2, 0.25) is 0 Å². The number of carbonyl (C=O) groups excluding carboxylic acids is 2. The number of ether oxygens (including phenoxy) is 2. The Hall–Kier alpha value is -4.20. The summed E-state index contributed by atoms with van der Waals surface area (Å²) in [4.78, 5) is 30.5. The zero-order valence-corrected chi connectivity index (χ0v) is 29.5. The van der Waals surface area contributed by atoms with Crippen LogP contribution >= 0.6 is 0 Å². The molecule has 0 saturated heterocycles. The van der Waals surface area contributed by atoms with E-state index in [9.17, 15) is 27.5 Å². The lowest BCUT2D eigenvalue weighted by atomic mass is 10.0. The number of hydrogen-bond acceptors (Lipinski definition) is 7. The second-order valence-electron chi connectivity index (χ2n) is 12.7. The fourth-order valence-electron chi connectivity index (χ4n) is 5.49. The summed E-state index contributed by atoms with van der Waals surface area (Å²) in [6.07, 6.45) is 1.47. The number of rotatable bonds is 8. The summed E-state index contributed by atoms with van der Waals surface area (Å²) in [6.45, 7) is 7.87. The highest BCUT2D eigenvalue weighted by Crippen LogP contribution is 2.29. The average molecular weight is 699 g/mol. The van der Waals surface area contributed by atoms with Gasteiger partial charge in [0.25, 0.3) is 15.9 Å². The van der Waals surface area contributed by atoms with Crippen molar-refractivity contribution in [2.75, 3.05) is 43.4 Å². The Bertz CT molecular complexity index is 1670. The molecule has 3 aromatic carbocycles. The van der Waals surface area contributed by atoms with E-state index >= 15 is 0 Å². The van der Waals surface area contributed by atoms with E-state index in [0.717, 1.165) is 18.4 Å². The van der Waals surface area contributed by atoms with Crippen LogP contribution in [-0.2, 0) is 14.8 Å². The van der Waals surface area contributed by atoms with Crippen LogP contribution in [0.4, 0.5) is 20.6 Å². The number of benzene rings is 3. The second-order valence-corrected chi connectivity index (χ2v) is 14.4. The molecular weight excluding hydrogens is 651 g/mol. The van der Waals surface area contributed by atoms with Gasteiger partial charge in [-0.2, -0.15) is 0 Å². The molecule has 1 heterocycles. The van der Waals surface area contributed by atoms with Gasteiger partial charge in [-0.3, -0.25) is 9.52 Å². The van der Waals surface area contributed by atoms with Gasteiger partial charge in [0.2, 0.25) is 0 Å². The molecule has 4 rings (SSSR count). The van der Waals surface area contributed by atoms with Gasteiger partial charge < -0.3 is 29.7 Å². The van der Waals surface area contributed by atoms with Gasteiger partial charge in [-0.05, 0) is 94.6 Å². The Kier molecular flexibility index (Phi) is 13.0. The third-order valence-corrected chi connectivity index (χ3v) is 9.93. The molecule has 0 fully saturated rings. The maximum atomic E-state index is 14.4. The lowest BCUT2D eigenvalue weighted by molar-refractivity contribution is -0.0115. The summed E-state index contributed by atoms with van der Waals surface area (Å²) in [6, 6.07) is 15.5. The van der Waals surface area contributed by atoms with Crippen LogP contribution in [0.15, 0.2) is 71.6 Å². The van der Waals surface area contributed by atoms with Gasteiger partial charge in [0.1, 0.15) is 11.6 Å². The van der Waals surface area contributed by atoms with Crippen LogP contribution < -0.4 is 14.8 Å². The zero-order valence-electron chi connectivity index (χ0n) is 28.7. The van der Waals surface area contributed by atoms with Gasteiger partial charge in [0, 0.05) is 44.0 Å². The summed E-state index contributed by atoms with van der Waals surface area (Å²) in [7, 11) is -2.32. The molecule has 0 bridgehead atoms. The lowest BCUT2D eigenvalue weighted by Gasteiger charge is -2.35. The number of nitrogens with zero attached hydrogens (tertiary/aromatic N) is 2. The van der Waals surface area contributed by atoms with E-state index < -0.39 is 39.9 Å². The maximum absolute atomic E-state index is 14.4. The minimum atomic E-state index is -3.95. The van der Waals surface area contributed by atoms with Crippen LogP contribution in [0.3, 0.4) is 0 Å². The van der Waals surface area contributed by atoms with Crippen molar-refractivity contribution in [3.63, 3.8) is 0 Å². The summed E-state index contributed by atoms with van der Waals surface area (Å²) in [5.41, 5.74) is 1.70. The smallest absolute Gasteiger partial charge is 0.321 e. The average Bonchev–Trinajstić information content (AvgIpc) is 3.07. The zero-order chi connectivity index (χ0) is 35.7. The van der Waals surface area contributed by atoms with Crippen molar-refractivity contribution >= 4 is 33.3 Å². The maximum Gasteiger partial charge on any atom is 0.321 e. The number of fused-ring (bicyclic) bond motifs is 1. The topological polar surface area (TPSA) is 138 Å². The van der Waals surface area contributed by atoms with Gasteiger partial charge in [-0.1, -0.05) is 24.6 Å². The number of amides is 3. The molecule has 11 nitrogen and oxygen atoms in total.